The quantitative estimate of drug-likeness (QED) is 0.686. The Morgan fingerprint density at radius 1 is 1.29 bits per heavy atom. The summed E-state index contributed by atoms with van der Waals surface area (Å²) in [4.78, 5) is 13.6. The Morgan fingerprint density at radius 3 is 2.93 bits per heavy atom. The second-order valence-electron chi connectivity index (χ2n) is 5.04. The van der Waals surface area contributed by atoms with E-state index in [2.05, 4.69) is 4.90 Å². The SMILES string of the molecule is O=C(O)[C@H]1CC[C@@H]2C[C@@H]3CCCN2[C@@H]31. The highest BCUT2D eigenvalue weighted by molar-refractivity contribution is 5.71. The fraction of sp³-hybridized carbons (Fsp3) is 0.909. The third kappa shape index (κ3) is 1.05. The van der Waals surface area contributed by atoms with E-state index in [4.69, 9.17) is 0 Å². The van der Waals surface area contributed by atoms with E-state index in [0.29, 0.717) is 12.0 Å². The van der Waals surface area contributed by atoms with E-state index < -0.39 is 5.97 Å². The third-order valence-electron chi connectivity index (χ3n) is 4.44. The molecule has 3 nitrogen and oxygen atoms in total. The number of aliphatic carboxylic acids is 1. The van der Waals surface area contributed by atoms with Gasteiger partial charge in [0.05, 0.1) is 5.92 Å². The monoisotopic (exact) mass is 195 g/mol. The second-order valence-corrected chi connectivity index (χ2v) is 5.04. The molecule has 0 amide bonds. The van der Waals surface area contributed by atoms with Crippen molar-refractivity contribution in [3.05, 3.63) is 0 Å². The molecule has 0 aromatic carbocycles. The molecule has 3 aliphatic rings. The van der Waals surface area contributed by atoms with Gasteiger partial charge in [0.1, 0.15) is 0 Å². The Morgan fingerprint density at radius 2 is 2.14 bits per heavy atom. The second kappa shape index (κ2) is 2.96. The summed E-state index contributed by atoms with van der Waals surface area (Å²) < 4.78 is 0. The van der Waals surface area contributed by atoms with Gasteiger partial charge in [-0.3, -0.25) is 9.69 Å². The number of rotatable bonds is 1. The van der Waals surface area contributed by atoms with Crippen LogP contribution in [0.3, 0.4) is 0 Å². The Kier molecular flexibility index (Phi) is 1.84. The molecule has 0 saturated carbocycles. The predicted octanol–water partition coefficient (Wildman–Crippen LogP) is 1.33. The lowest BCUT2D eigenvalue weighted by Crippen LogP contribution is -2.51. The van der Waals surface area contributed by atoms with E-state index in [0.717, 1.165) is 25.4 Å². The molecular formula is C11H17NO2. The van der Waals surface area contributed by atoms with Crippen LogP contribution in [0, 0.1) is 11.8 Å². The molecule has 0 radical (unpaired) electrons. The molecule has 78 valence electrons. The van der Waals surface area contributed by atoms with E-state index >= 15 is 0 Å². The van der Waals surface area contributed by atoms with Gasteiger partial charge in [-0.05, 0) is 44.6 Å². The first-order valence-electron chi connectivity index (χ1n) is 5.76. The van der Waals surface area contributed by atoms with Gasteiger partial charge in [-0.15, -0.1) is 0 Å². The highest BCUT2D eigenvalue weighted by Crippen LogP contribution is 2.47. The smallest absolute Gasteiger partial charge is 0.308 e. The molecule has 4 bridgehead atoms. The average molecular weight is 195 g/mol. The van der Waals surface area contributed by atoms with E-state index in [1.165, 1.54) is 19.3 Å². The van der Waals surface area contributed by atoms with Crippen molar-refractivity contribution in [1.82, 2.24) is 4.90 Å². The van der Waals surface area contributed by atoms with Crippen molar-refractivity contribution in [2.75, 3.05) is 6.54 Å². The molecule has 0 aliphatic carbocycles. The normalized spacial score (nSPS) is 50.4. The fourth-order valence-electron chi connectivity index (χ4n) is 3.95. The van der Waals surface area contributed by atoms with E-state index in [-0.39, 0.29) is 5.92 Å². The minimum absolute atomic E-state index is 0.0703. The van der Waals surface area contributed by atoms with Crippen LogP contribution in [-0.2, 0) is 4.79 Å². The van der Waals surface area contributed by atoms with Crippen LogP contribution in [0.4, 0.5) is 0 Å². The average Bonchev–Trinajstić information content (AvgIpc) is 2.40. The molecule has 3 rings (SSSR count). The zero-order valence-electron chi connectivity index (χ0n) is 8.35. The Labute approximate surface area is 84.1 Å². The maximum absolute atomic E-state index is 11.1. The molecule has 1 N–H and O–H groups in total. The molecule has 5 atom stereocenters. The lowest BCUT2D eigenvalue weighted by atomic mass is 9.82. The number of carbonyl (C=O) groups is 1. The molecule has 0 spiro atoms. The molecule has 3 aliphatic heterocycles. The first kappa shape index (κ1) is 8.72. The maximum atomic E-state index is 11.1. The van der Waals surface area contributed by atoms with E-state index in [1.807, 2.05) is 0 Å². The van der Waals surface area contributed by atoms with Crippen molar-refractivity contribution >= 4 is 5.97 Å². The third-order valence-corrected chi connectivity index (χ3v) is 4.44. The van der Waals surface area contributed by atoms with Gasteiger partial charge < -0.3 is 5.11 Å². The highest BCUT2D eigenvalue weighted by atomic mass is 16.4. The van der Waals surface area contributed by atoms with Gasteiger partial charge >= 0.3 is 5.97 Å². The maximum Gasteiger partial charge on any atom is 0.308 e. The summed E-state index contributed by atoms with van der Waals surface area (Å²) in [5, 5.41) is 9.19. The van der Waals surface area contributed by atoms with Crippen LogP contribution >= 0.6 is 0 Å². The lowest BCUT2D eigenvalue weighted by Gasteiger charge is -2.42. The number of nitrogens with zero attached hydrogens (tertiary/aromatic N) is 1. The van der Waals surface area contributed by atoms with Gasteiger partial charge in [-0.25, -0.2) is 0 Å². The Bertz CT molecular complexity index is 266. The Balaban J connectivity index is 1.90. The molecule has 0 aromatic rings. The molecule has 14 heavy (non-hydrogen) atoms. The van der Waals surface area contributed by atoms with Crippen LogP contribution in [0.15, 0.2) is 0 Å². The summed E-state index contributed by atoms with van der Waals surface area (Å²) in [6.45, 7) is 1.15. The molecule has 1 unspecified atom stereocenters. The standard InChI is InChI=1S/C11H17NO2/c13-11(14)9-4-3-8-6-7-2-1-5-12(8)10(7)9/h7-10H,1-6H2,(H,13,14)/t7-,8+,9-,10-/m0/s1. The Hall–Kier alpha value is -0.570. The van der Waals surface area contributed by atoms with Gasteiger partial charge in [-0.2, -0.15) is 0 Å². The first-order chi connectivity index (χ1) is 6.77. The van der Waals surface area contributed by atoms with Crippen LogP contribution in [0.1, 0.15) is 32.1 Å². The molecule has 3 heterocycles. The molecular weight excluding hydrogens is 178 g/mol. The van der Waals surface area contributed by atoms with Crippen LogP contribution in [0.5, 0.6) is 0 Å². The van der Waals surface area contributed by atoms with E-state index in [9.17, 15) is 9.90 Å². The summed E-state index contributed by atoms with van der Waals surface area (Å²) in [7, 11) is 0. The van der Waals surface area contributed by atoms with Crippen molar-refractivity contribution in [2.24, 2.45) is 11.8 Å². The van der Waals surface area contributed by atoms with Crippen LogP contribution < -0.4 is 0 Å². The largest absolute Gasteiger partial charge is 0.481 e. The van der Waals surface area contributed by atoms with Crippen molar-refractivity contribution in [1.29, 1.82) is 0 Å². The van der Waals surface area contributed by atoms with Crippen molar-refractivity contribution in [2.45, 2.75) is 44.2 Å². The number of carboxylic acid groups (broad SMARTS) is 1. The summed E-state index contributed by atoms with van der Waals surface area (Å²) in [5.74, 6) is 0.0589. The molecule has 3 fully saturated rings. The number of hydrogen-bond acceptors (Lipinski definition) is 2. The molecule has 3 heteroatoms. The van der Waals surface area contributed by atoms with Crippen LogP contribution in [0.2, 0.25) is 0 Å². The van der Waals surface area contributed by atoms with Crippen molar-refractivity contribution < 1.29 is 9.90 Å². The number of hydrogen-bond donors (Lipinski definition) is 1. The first-order valence-corrected chi connectivity index (χ1v) is 5.76. The lowest BCUT2D eigenvalue weighted by molar-refractivity contribution is -0.147. The predicted molar refractivity (Wildman–Crippen MR) is 52.0 cm³/mol. The number of piperidine rings is 2. The van der Waals surface area contributed by atoms with Gasteiger partial charge in [0.25, 0.3) is 0 Å². The minimum Gasteiger partial charge on any atom is -0.481 e. The molecule has 0 aromatic heterocycles. The summed E-state index contributed by atoms with van der Waals surface area (Å²) >= 11 is 0. The minimum atomic E-state index is -0.563. The highest BCUT2D eigenvalue weighted by Gasteiger charge is 2.51. The zero-order chi connectivity index (χ0) is 9.71. The van der Waals surface area contributed by atoms with Crippen LogP contribution in [0.25, 0.3) is 0 Å². The van der Waals surface area contributed by atoms with E-state index in [1.54, 1.807) is 0 Å². The summed E-state index contributed by atoms with van der Waals surface area (Å²) in [6.07, 6.45) is 5.85. The summed E-state index contributed by atoms with van der Waals surface area (Å²) in [6, 6.07) is 1.11. The van der Waals surface area contributed by atoms with Gasteiger partial charge in [-0.1, -0.05) is 0 Å². The van der Waals surface area contributed by atoms with Crippen molar-refractivity contribution in [3.8, 4) is 0 Å². The topological polar surface area (TPSA) is 40.5 Å². The van der Waals surface area contributed by atoms with Crippen LogP contribution in [-0.4, -0.2) is 34.6 Å². The van der Waals surface area contributed by atoms with Gasteiger partial charge in [0, 0.05) is 12.1 Å². The summed E-state index contributed by atoms with van der Waals surface area (Å²) in [5.41, 5.74) is 0. The van der Waals surface area contributed by atoms with Gasteiger partial charge in [0.15, 0.2) is 0 Å². The van der Waals surface area contributed by atoms with Gasteiger partial charge in [0.2, 0.25) is 0 Å². The van der Waals surface area contributed by atoms with Crippen molar-refractivity contribution in [3.63, 3.8) is 0 Å². The fourth-order valence-corrected chi connectivity index (χ4v) is 3.95. The number of carboxylic acids is 1. The molecule has 3 saturated heterocycles. The zero-order valence-corrected chi connectivity index (χ0v) is 8.35.